The molecular formula is C24H19Br2N3O7S. The number of rotatable bonds is 6. The highest BCUT2D eigenvalue weighted by Crippen LogP contribution is 2.36. The van der Waals surface area contributed by atoms with E-state index in [1.54, 1.807) is 32.0 Å². The fraction of sp³-hybridized carbons (Fsp3) is 0.208. The van der Waals surface area contributed by atoms with Gasteiger partial charge >= 0.3 is 11.7 Å². The highest BCUT2D eigenvalue weighted by Gasteiger charge is 2.33. The number of hydrogen-bond donors (Lipinski definition) is 1. The van der Waals surface area contributed by atoms with Crippen molar-refractivity contribution in [1.82, 2.24) is 4.57 Å². The molecule has 192 valence electrons. The maximum Gasteiger partial charge on any atom is 0.338 e. The Bertz CT molecular complexity index is 1660. The molecule has 3 aromatic rings. The van der Waals surface area contributed by atoms with E-state index in [1.807, 2.05) is 0 Å². The maximum absolute atomic E-state index is 13.7. The number of thiazole rings is 1. The van der Waals surface area contributed by atoms with Crippen LogP contribution in [-0.2, 0) is 9.53 Å². The summed E-state index contributed by atoms with van der Waals surface area (Å²) < 4.78 is 13.1. The number of methoxy groups -OCH3 is 1. The number of hydrogen-bond acceptors (Lipinski definition) is 9. The van der Waals surface area contributed by atoms with E-state index in [1.165, 1.54) is 29.9 Å². The molecule has 1 aliphatic heterocycles. The summed E-state index contributed by atoms with van der Waals surface area (Å²) in [5.41, 5.74) is 0.296. The normalized spacial score (nSPS) is 15.3. The Morgan fingerprint density at radius 3 is 2.68 bits per heavy atom. The fourth-order valence-electron chi connectivity index (χ4n) is 3.96. The molecule has 1 aliphatic rings. The lowest BCUT2D eigenvalue weighted by atomic mass is 9.96. The lowest BCUT2D eigenvalue weighted by molar-refractivity contribution is -0.385. The van der Waals surface area contributed by atoms with Crippen LogP contribution in [0.15, 0.2) is 60.3 Å². The van der Waals surface area contributed by atoms with Gasteiger partial charge in [-0.3, -0.25) is 19.5 Å². The summed E-state index contributed by atoms with van der Waals surface area (Å²) in [5.74, 6) is -0.602. The number of nitro groups is 1. The van der Waals surface area contributed by atoms with Crippen LogP contribution in [0, 0.1) is 10.1 Å². The van der Waals surface area contributed by atoms with Crippen LogP contribution in [0.1, 0.15) is 31.0 Å². The van der Waals surface area contributed by atoms with E-state index in [0.29, 0.717) is 30.8 Å². The number of allylic oxidation sites excluding steroid dienone is 1. The van der Waals surface area contributed by atoms with Crippen LogP contribution in [0.3, 0.4) is 0 Å². The number of phenolic OH excluding ortho intramolecular Hbond substituents is 1. The van der Waals surface area contributed by atoms with E-state index in [4.69, 9.17) is 9.47 Å². The maximum atomic E-state index is 13.7. The molecule has 2 aromatic carbocycles. The number of aromatic hydroxyl groups is 1. The molecule has 0 bridgehead atoms. The first-order chi connectivity index (χ1) is 17.6. The van der Waals surface area contributed by atoms with Crippen molar-refractivity contribution in [3.8, 4) is 11.5 Å². The molecule has 1 atom stereocenters. The SMILES string of the molecule is CCOC(=O)C1=C(C)N=c2s/c(=C/c3cc(Br)cc([N+](=O)[O-])c3O)c(=O)n2[C@@H]1c1ccc(OC)c(Br)c1. The largest absolute Gasteiger partial charge is 0.502 e. The van der Waals surface area contributed by atoms with Crippen molar-refractivity contribution >= 4 is 60.9 Å². The highest BCUT2D eigenvalue weighted by atomic mass is 79.9. The van der Waals surface area contributed by atoms with Crippen molar-refractivity contribution in [2.75, 3.05) is 13.7 Å². The predicted octanol–water partition coefficient (Wildman–Crippen LogP) is 3.95. The quantitative estimate of drug-likeness (QED) is 0.242. The third kappa shape index (κ3) is 4.98. The van der Waals surface area contributed by atoms with Gasteiger partial charge in [0.25, 0.3) is 5.56 Å². The molecule has 0 radical (unpaired) electrons. The Morgan fingerprint density at radius 2 is 2.05 bits per heavy atom. The van der Waals surface area contributed by atoms with Gasteiger partial charge in [-0.1, -0.05) is 33.3 Å². The number of nitro benzene ring substituents is 1. The first-order valence-electron chi connectivity index (χ1n) is 10.8. The van der Waals surface area contributed by atoms with Crippen molar-refractivity contribution in [3.05, 3.63) is 91.5 Å². The van der Waals surface area contributed by atoms with Gasteiger partial charge in [-0.25, -0.2) is 9.79 Å². The van der Waals surface area contributed by atoms with Gasteiger partial charge in [0.15, 0.2) is 4.80 Å². The van der Waals surface area contributed by atoms with Crippen molar-refractivity contribution in [1.29, 1.82) is 0 Å². The Morgan fingerprint density at radius 1 is 1.32 bits per heavy atom. The van der Waals surface area contributed by atoms with Crippen LogP contribution in [0.25, 0.3) is 6.08 Å². The molecule has 10 nitrogen and oxygen atoms in total. The number of ether oxygens (including phenoxy) is 2. The van der Waals surface area contributed by atoms with Crippen molar-refractivity contribution in [3.63, 3.8) is 0 Å². The third-order valence-electron chi connectivity index (χ3n) is 5.58. The highest BCUT2D eigenvalue weighted by molar-refractivity contribution is 9.10. The Hall–Kier alpha value is -3.29. The summed E-state index contributed by atoms with van der Waals surface area (Å²) in [7, 11) is 1.53. The molecule has 0 amide bonds. The van der Waals surface area contributed by atoms with E-state index in [-0.39, 0.29) is 22.3 Å². The van der Waals surface area contributed by atoms with Crippen molar-refractivity contribution in [2.24, 2.45) is 4.99 Å². The van der Waals surface area contributed by atoms with Crippen molar-refractivity contribution in [2.45, 2.75) is 19.9 Å². The second-order valence-electron chi connectivity index (χ2n) is 7.82. The minimum atomic E-state index is -0.856. The van der Waals surface area contributed by atoms with Gasteiger partial charge in [0, 0.05) is 16.1 Å². The summed E-state index contributed by atoms with van der Waals surface area (Å²) in [6, 6.07) is 6.99. The number of halogens is 2. The first kappa shape index (κ1) is 26.8. The number of benzene rings is 2. The Balaban J connectivity index is 1.99. The third-order valence-corrected chi connectivity index (χ3v) is 7.64. The van der Waals surface area contributed by atoms with Gasteiger partial charge in [-0.15, -0.1) is 0 Å². The van der Waals surface area contributed by atoms with Crippen LogP contribution in [0.4, 0.5) is 5.69 Å². The van der Waals surface area contributed by atoms with E-state index in [0.717, 1.165) is 11.3 Å². The molecule has 0 unspecified atom stereocenters. The fourth-order valence-corrected chi connectivity index (χ4v) is 6.01. The van der Waals surface area contributed by atoms with Crippen LogP contribution in [0.2, 0.25) is 0 Å². The molecular weight excluding hydrogens is 634 g/mol. The Kier molecular flexibility index (Phi) is 7.67. The number of fused-ring (bicyclic) bond motifs is 1. The molecule has 2 heterocycles. The summed E-state index contributed by atoms with van der Waals surface area (Å²) in [6.07, 6.45) is 1.36. The van der Waals surface area contributed by atoms with Gasteiger partial charge in [-0.05, 0) is 59.6 Å². The molecule has 13 heteroatoms. The molecule has 0 saturated carbocycles. The molecule has 1 N–H and O–H groups in total. The second-order valence-corrected chi connectivity index (χ2v) is 10.6. The Labute approximate surface area is 230 Å². The van der Waals surface area contributed by atoms with Gasteiger partial charge in [0.05, 0.1) is 45.0 Å². The molecule has 0 saturated heterocycles. The molecule has 4 rings (SSSR count). The summed E-state index contributed by atoms with van der Waals surface area (Å²) in [6.45, 7) is 3.49. The number of nitrogens with zero attached hydrogens (tertiary/aromatic N) is 3. The van der Waals surface area contributed by atoms with Crippen LogP contribution >= 0.6 is 43.2 Å². The summed E-state index contributed by atoms with van der Waals surface area (Å²) in [5, 5.41) is 21.8. The zero-order chi connectivity index (χ0) is 27.0. The average molecular weight is 653 g/mol. The zero-order valence-corrected chi connectivity index (χ0v) is 23.6. The van der Waals surface area contributed by atoms with Gasteiger partial charge in [0.2, 0.25) is 5.75 Å². The minimum Gasteiger partial charge on any atom is -0.502 e. The number of phenols is 1. The smallest absolute Gasteiger partial charge is 0.338 e. The zero-order valence-electron chi connectivity index (χ0n) is 19.7. The predicted molar refractivity (Wildman–Crippen MR) is 144 cm³/mol. The molecule has 0 spiro atoms. The van der Waals surface area contributed by atoms with Gasteiger partial charge in [-0.2, -0.15) is 0 Å². The van der Waals surface area contributed by atoms with E-state index >= 15 is 0 Å². The van der Waals surface area contributed by atoms with Crippen LogP contribution in [-0.4, -0.2) is 34.3 Å². The van der Waals surface area contributed by atoms with Crippen LogP contribution in [0.5, 0.6) is 11.5 Å². The topological polar surface area (TPSA) is 133 Å². The summed E-state index contributed by atoms with van der Waals surface area (Å²) >= 11 is 7.70. The molecule has 37 heavy (non-hydrogen) atoms. The van der Waals surface area contributed by atoms with Crippen LogP contribution < -0.4 is 19.6 Å². The van der Waals surface area contributed by atoms with Gasteiger partial charge < -0.3 is 14.6 Å². The number of carbonyl (C=O) groups is 1. The molecule has 0 aliphatic carbocycles. The summed E-state index contributed by atoms with van der Waals surface area (Å²) in [4.78, 5) is 42.1. The standard InChI is InChI=1S/C24H19Br2N3O7S/c1-4-36-23(32)19-11(2)27-24-28(20(19)12-5-6-17(35-3)15(26)8-12)22(31)18(37-24)9-13-7-14(25)10-16(21(13)30)29(33)34/h5-10,20,30H,4H2,1-3H3/b18-9+/t20-/m1/s1. The lowest BCUT2D eigenvalue weighted by Gasteiger charge is -2.25. The van der Waals surface area contributed by atoms with Gasteiger partial charge in [0.1, 0.15) is 5.75 Å². The molecule has 1 aromatic heterocycles. The van der Waals surface area contributed by atoms with E-state index < -0.39 is 33.9 Å². The monoisotopic (exact) mass is 651 g/mol. The molecule has 0 fully saturated rings. The first-order valence-corrected chi connectivity index (χ1v) is 13.2. The number of aromatic nitrogens is 1. The minimum absolute atomic E-state index is 0.0800. The second kappa shape index (κ2) is 10.6. The van der Waals surface area contributed by atoms with E-state index in [9.17, 15) is 24.8 Å². The van der Waals surface area contributed by atoms with Crippen molar-refractivity contribution < 1.29 is 24.3 Å². The lowest BCUT2D eigenvalue weighted by Crippen LogP contribution is -2.40. The average Bonchev–Trinajstić information content (AvgIpc) is 3.14. The number of carbonyl (C=O) groups excluding carboxylic acids is 1. The van der Waals surface area contributed by atoms with E-state index in [2.05, 4.69) is 36.9 Å². The number of esters is 1.